The molecule has 0 unspecified atom stereocenters. The molecule has 1 rings (SSSR count). The molecule has 0 saturated heterocycles. The highest BCUT2D eigenvalue weighted by Crippen LogP contribution is 1.87. The van der Waals surface area contributed by atoms with Crippen molar-refractivity contribution >= 4 is 11.3 Å². The minimum absolute atomic E-state index is 1.41. The van der Waals surface area contributed by atoms with E-state index in [0.717, 1.165) is 0 Å². The molecule has 0 bridgehead atoms. The molecule has 0 aromatic carbocycles. The van der Waals surface area contributed by atoms with Gasteiger partial charge in [-0.25, -0.2) is 0 Å². The number of hydrogen-bond acceptors (Lipinski definition) is 1. The quantitative estimate of drug-likeness (QED) is 0.439. The van der Waals surface area contributed by atoms with Crippen LogP contribution in [0.15, 0.2) is 6.07 Å². The van der Waals surface area contributed by atoms with Crippen molar-refractivity contribution in [3.05, 3.63) is 22.9 Å². The van der Waals surface area contributed by atoms with E-state index < -0.39 is 0 Å². The minimum Gasteiger partial charge on any atom is -0.133 e. The maximum Gasteiger partial charge on any atom is 0.0534 e. The highest BCUT2D eigenvalue weighted by Gasteiger charge is 1.62. The van der Waals surface area contributed by atoms with Gasteiger partial charge in [0.05, 0.1) is 5.38 Å². The van der Waals surface area contributed by atoms with Gasteiger partial charge in [0.2, 0.25) is 0 Å². The Labute approximate surface area is 35.1 Å². The second-order valence-corrected chi connectivity index (χ2v) is 1.25. The average molecular weight is 81.1 g/mol. The predicted molar refractivity (Wildman–Crippen MR) is 20.8 cm³/mol. The number of hydrogen-bond donors (Lipinski definition) is 0. The molecule has 5 heavy (non-hydrogen) atoms. The number of thiophene rings is 1. The fraction of sp³-hybridized carbons (Fsp3) is 0. The lowest BCUT2D eigenvalue weighted by Gasteiger charge is -1.35. The summed E-state index contributed by atoms with van der Waals surface area (Å²) < 4.78 is 0. The molecule has 0 saturated carbocycles. The largest absolute Gasteiger partial charge is 0.133 e. The molecule has 0 fully saturated rings. The summed E-state index contributed by atoms with van der Waals surface area (Å²) in [5, 5.41) is 5.51. The Balaban J connectivity index is 3.13. The van der Waals surface area contributed by atoms with Crippen molar-refractivity contribution in [2.45, 2.75) is 0 Å². The van der Waals surface area contributed by atoms with Crippen LogP contribution in [-0.4, -0.2) is 0 Å². The normalized spacial score (nSPS) is 8.00. The third-order valence-corrected chi connectivity index (χ3v) is 0.756. The van der Waals surface area contributed by atoms with Crippen molar-refractivity contribution in [2.75, 3.05) is 0 Å². The second-order valence-electron chi connectivity index (χ2n) is 0.611. The van der Waals surface area contributed by atoms with Crippen LogP contribution in [-0.2, 0) is 0 Å². The molecule has 0 atom stereocenters. The summed E-state index contributed by atoms with van der Waals surface area (Å²) in [5.41, 5.74) is 0. The van der Waals surface area contributed by atoms with E-state index in [1.807, 2.05) is 0 Å². The van der Waals surface area contributed by atoms with Gasteiger partial charge in [-0.05, 0) is 6.07 Å². The Morgan fingerprint density at radius 1 is 1.60 bits per heavy atom. The molecule has 1 aromatic rings. The monoisotopic (exact) mass is 81.0 g/mol. The van der Waals surface area contributed by atoms with Crippen molar-refractivity contribution in [2.24, 2.45) is 0 Å². The molecular weight excluding hydrogens is 80.1 g/mol. The Kier molecular flexibility index (Phi) is 0.711. The first-order valence-corrected chi connectivity index (χ1v) is 2.05. The Hall–Kier alpha value is -0.300. The highest BCUT2D eigenvalue weighted by molar-refractivity contribution is 7.06. The van der Waals surface area contributed by atoms with Crippen LogP contribution in [0, 0.1) is 16.8 Å². The first-order chi connectivity index (χ1) is 2.50. The van der Waals surface area contributed by atoms with Gasteiger partial charge >= 0.3 is 0 Å². The first kappa shape index (κ1) is 2.91. The second kappa shape index (κ2) is 1.22. The zero-order valence-electron chi connectivity index (χ0n) is 2.49. The number of rotatable bonds is 0. The fourth-order valence-corrected chi connectivity index (χ4v) is 0.442. The highest BCUT2D eigenvalue weighted by atomic mass is 32.1. The van der Waals surface area contributed by atoms with Gasteiger partial charge in [-0.1, -0.05) is 0 Å². The molecule has 0 aliphatic rings. The molecule has 1 aromatic heterocycles. The molecular formula is C4HS. The van der Waals surface area contributed by atoms with Gasteiger partial charge in [-0.15, -0.1) is 11.3 Å². The van der Waals surface area contributed by atoms with Crippen LogP contribution < -0.4 is 0 Å². The van der Waals surface area contributed by atoms with Crippen molar-refractivity contribution < 1.29 is 0 Å². The van der Waals surface area contributed by atoms with E-state index in [1.54, 1.807) is 6.07 Å². The Bertz CT molecular complexity index is 60.1. The summed E-state index contributed by atoms with van der Waals surface area (Å²) in [7, 11) is 0. The summed E-state index contributed by atoms with van der Waals surface area (Å²) in [5.74, 6) is 0. The standard InChI is InChI=1S/C4HS/c1-2-4-5-3-1/h1H. The summed E-state index contributed by atoms with van der Waals surface area (Å²) in [6, 6.07) is 4.41. The Morgan fingerprint density at radius 3 is 2.80 bits per heavy atom. The zero-order valence-corrected chi connectivity index (χ0v) is 3.30. The van der Waals surface area contributed by atoms with E-state index in [-0.39, 0.29) is 0 Å². The summed E-state index contributed by atoms with van der Waals surface area (Å²) in [4.78, 5) is 0. The summed E-state index contributed by atoms with van der Waals surface area (Å²) in [6.45, 7) is 0. The SMILES string of the molecule is [c]1[c]s[c]c1. The third-order valence-electron chi connectivity index (χ3n) is 0.300. The minimum atomic E-state index is 1.41. The predicted octanol–water partition coefficient (Wildman–Crippen LogP) is 1.15. The van der Waals surface area contributed by atoms with Gasteiger partial charge < -0.3 is 0 Å². The van der Waals surface area contributed by atoms with E-state index in [9.17, 15) is 0 Å². The lowest BCUT2D eigenvalue weighted by atomic mass is 10.7. The average Bonchev–Trinajstić information content (AvgIpc) is 1.76. The molecule has 3 radical (unpaired) electrons. The fourth-order valence-electron chi connectivity index (χ4n) is 0.147. The van der Waals surface area contributed by atoms with E-state index in [1.165, 1.54) is 11.3 Å². The van der Waals surface area contributed by atoms with E-state index in [4.69, 9.17) is 0 Å². The van der Waals surface area contributed by atoms with Gasteiger partial charge in [0.1, 0.15) is 0 Å². The van der Waals surface area contributed by atoms with Crippen LogP contribution in [0.2, 0.25) is 0 Å². The molecule has 0 aliphatic heterocycles. The molecule has 1 heteroatoms. The van der Waals surface area contributed by atoms with E-state index in [2.05, 4.69) is 16.8 Å². The van der Waals surface area contributed by atoms with Crippen LogP contribution in [0.1, 0.15) is 0 Å². The van der Waals surface area contributed by atoms with Gasteiger partial charge in [0.25, 0.3) is 0 Å². The van der Waals surface area contributed by atoms with Crippen molar-refractivity contribution in [1.29, 1.82) is 0 Å². The zero-order chi connectivity index (χ0) is 3.54. The maximum absolute atomic E-state index is 2.79. The maximum atomic E-state index is 2.79. The summed E-state index contributed by atoms with van der Waals surface area (Å²) >= 11 is 1.41. The molecule has 0 nitrogen and oxygen atoms in total. The van der Waals surface area contributed by atoms with Crippen molar-refractivity contribution in [1.82, 2.24) is 0 Å². The van der Waals surface area contributed by atoms with Crippen LogP contribution in [0.3, 0.4) is 0 Å². The molecule has 0 spiro atoms. The van der Waals surface area contributed by atoms with Crippen LogP contribution >= 0.6 is 11.3 Å². The molecule has 0 N–H and O–H groups in total. The van der Waals surface area contributed by atoms with Crippen molar-refractivity contribution in [3.63, 3.8) is 0 Å². The smallest absolute Gasteiger partial charge is 0.0534 e. The molecule has 0 amide bonds. The van der Waals surface area contributed by atoms with Crippen LogP contribution in [0.4, 0.5) is 0 Å². The summed E-state index contributed by atoms with van der Waals surface area (Å²) in [6.07, 6.45) is 0. The van der Waals surface area contributed by atoms with Gasteiger partial charge in [-0.2, -0.15) is 0 Å². The Morgan fingerprint density at radius 2 is 2.60 bits per heavy atom. The van der Waals surface area contributed by atoms with E-state index in [0.29, 0.717) is 0 Å². The van der Waals surface area contributed by atoms with Crippen LogP contribution in [0.25, 0.3) is 0 Å². The van der Waals surface area contributed by atoms with Gasteiger partial charge in [0.15, 0.2) is 0 Å². The lowest BCUT2D eigenvalue weighted by molar-refractivity contribution is 1.96. The molecule has 1 heterocycles. The van der Waals surface area contributed by atoms with Crippen molar-refractivity contribution in [3.8, 4) is 0 Å². The topological polar surface area (TPSA) is 0 Å². The third kappa shape index (κ3) is 0.484. The van der Waals surface area contributed by atoms with E-state index >= 15 is 0 Å². The lowest BCUT2D eigenvalue weighted by Crippen LogP contribution is -1.21. The molecule has 23 valence electrons. The van der Waals surface area contributed by atoms with Crippen LogP contribution in [0.5, 0.6) is 0 Å². The molecule has 0 aliphatic carbocycles. The van der Waals surface area contributed by atoms with Gasteiger partial charge in [0, 0.05) is 11.4 Å². The van der Waals surface area contributed by atoms with Gasteiger partial charge in [-0.3, -0.25) is 0 Å². The first-order valence-electron chi connectivity index (χ1n) is 1.24.